The quantitative estimate of drug-likeness (QED) is 0.643. The second kappa shape index (κ2) is 7.38. The van der Waals surface area contributed by atoms with Gasteiger partial charge >= 0.3 is 0 Å². The summed E-state index contributed by atoms with van der Waals surface area (Å²) in [7, 11) is 0. The number of ether oxygens (including phenoxy) is 2. The molecule has 0 aromatic rings. The van der Waals surface area contributed by atoms with Gasteiger partial charge in [0.2, 0.25) is 0 Å². The van der Waals surface area contributed by atoms with E-state index in [-0.39, 0.29) is 5.41 Å². The van der Waals surface area contributed by atoms with Crippen molar-refractivity contribution < 1.29 is 9.47 Å². The molecule has 0 saturated heterocycles. The van der Waals surface area contributed by atoms with Gasteiger partial charge in [-0.25, -0.2) is 0 Å². The summed E-state index contributed by atoms with van der Waals surface area (Å²) in [5.41, 5.74) is 0.239. The van der Waals surface area contributed by atoms with Gasteiger partial charge in [0.1, 0.15) is 0 Å². The molecule has 0 heterocycles. The Morgan fingerprint density at radius 3 is 1.82 bits per heavy atom. The van der Waals surface area contributed by atoms with Crippen molar-refractivity contribution in [3.63, 3.8) is 0 Å². The molecule has 0 unspecified atom stereocenters. The van der Waals surface area contributed by atoms with Crippen LogP contribution in [0.5, 0.6) is 0 Å². The molecule has 102 valence electrons. The van der Waals surface area contributed by atoms with E-state index < -0.39 is 0 Å². The Labute approximate surface area is 107 Å². The third kappa shape index (κ3) is 3.69. The van der Waals surface area contributed by atoms with Crippen LogP contribution in [-0.4, -0.2) is 26.4 Å². The molecule has 0 atom stereocenters. The van der Waals surface area contributed by atoms with Crippen molar-refractivity contribution in [3.8, 4) is 0 Å². The molecule has 0 aromatic carbocycles. The van der Waals surface area contributed by atoms with Crippen LogP contribution in [0.1, 0.15) is 53.4 Å². The Hall–Kier alpha value is -0.0800. The van der Waals surface area contributed by atoms with E-state index in [1.54, 1.807) is 0 Å². The molecular weight excluding hydrogens is 212 g/mol. The van der Waals surface area contributed by atoms with Gasteiger partial charge in [-0.1, -0.05) is 26.7 Å². The van der Waals surface area contributed by atoms with Crippen molar-refractivity contribution in [3.05, 3.63) is 0 Å². The highest BCUT2D eigenvalue weighted by Gasteiger charge is 2.43. The maximum absolute atomic E-state index is 5.79. The maximum atomic E-state index is 5.79. The standard InChI is InChI=1S/C15H30O2/c1-5-16-11-15(13(3)4,12-17-6-2)14-9-7-8-10-14/h13-14H,5-12H2,1-4H3. The molecule has 17 heavy (non-hydrogen) atoms. The second-order valence-electron chi connectivity index (χ2n) is 5.64. The van der Waals surface area contributed by atoms with Crippen LogP contribution in [0.25, 0.3) is 0 Å². The molecule has 0 N–H and O–H groups in total. The molecule has 0 aliphatic heterocycles. The van der Waals surface area contributed by atoms with E-state index in [1.165, 1.54) is 25.7 Å². The van der Waals surface area contributed by atoms with Crippen LogP contribution in [0.3, 0.4) is 0 Å². The van der Waals surface area contributed by atoms with E-state index in [1.807, 2.05) is 0 Å². The highest BCUT2D eigenvalue weighted by atomic mass is 16.5. The zero-order chi connectivity index (χ0) is 12.7. The fourth-order valence-electron chi connectivity index (χ4n) is 3.17. The number of hydrogen-bond acceptors (Lipinski definition) is 2. The third-order valence-corrected chi connectivity index (χ3v) is 4.47. The molecule has 1 rings (SSSR count). The molecule has 1 aliphatic rings. The van der Waals surface area contributed by atoms with Crippen molar-refractivity contribution in [1.29, 1.82) is 0 Å². The number of rotatable bonds is 8. The van der Waals surface area contributed by atoms with Crippen LogP contribution in [0.2, 0.25) is 0 Å². The van der Waals surface area contributed by atoms with Crippen molar-refractivity contribution in [2.45, 2.75) is 53.4 Å². The summed E-state index contributed by atoms with van der Waals surface area (Å²) >= 11 is 0. The first kappa shape index (κ1) is 15.0. The first-order valence-electron chi connectivity index (χ1n) is 7.32. The lowest BCUT2D eigenvalue weighted by Gasteiger charge is -2.42. The lowest BCUT2D eigenvalue weighted by molar-refractivity contribution is -0.0775. The van der Waals surface area contributed by atoms with Gasteiger partial charge in [0, 0.05) is 18.6 Å². The lowest BCUT2D eigenvalue weighted by atomic mass is 9.68. The Morgan fingerprint density at radius 1 is 1.00 bits per heavy atom. The molecule has 1 aliphatic carbocycles. The smallest absolute Gasteiger partial charge is 0.0549 e. The minimum Gasteiger partial charge on any atom is -0.381 e. The van der Waals surface area contributed by atoms with E-state index >= 15 is 0 Å². The molecule has 0 spiro atoms. The average Bonchev–Trinajstić information content (AvgIpc) is 2.83. The zero-order valence-electron chi connectivity index (χ0n) is 12.1. The van der Waals surface area contributed by atoms with Crippen molar-refractivity contribution in [1.82, 2.24) is 0 Å². The summed E-state index contributed by atoms with van der Waals surface area (Å²) in [5, 5.41) is 0. The molecular formula is C15H30O2. The van der Waals surface area contributed by atoms with E-state index in [0.717, 1.165) is 32.3 Å². The fraction of sp³-hybridized carbons (Fsp3) is 1.00. The maximum Gasteiger partial charge on any atom is 0.0549 e. The van der Waals surface area contributed by atoms with Crippen LogP contribution in [0.4, 0.5) is 0 Å². The van der Waals surface area contributed by atoms with Crippen LogP contribution >= 0.6 is 0 Å². The Kier molecular flexibility index (Phi) is 6.50. The molecule has 1 fully saturated rings. The van der Waals surface area contributed by atoms with Crippen molar-refractivity contribution >= 4 is 0 Å². The van der Waals surface area contributed by atoms with Crippen LogP contribution in [0.15, 0.2) is 0 Å². The summed E-state index contributed by atoms with van der Waals surface area (Å²) in [5.74, 6) is 1.42. The fourth-order valence-corrected chi connectivity index (χ4v) is 3.17. The lowest BCUT2D eigenvalue weighted by Crippen LogP contribution is -2.43. The summed E-state index contributed by atoms with van der Waals surface area (Å²) in [4.78, 5) is 0. The topological polar surface area (TPSA) is 18.5 Å². The van der Waals surface area contributed by atoms with Crippen molar-refractivity contribution in [2.75, 3.05) is 26.4 Å². The summed E-state index contributed by atoms with van der Waals surface area (Å²) in [6.07, 6.45) is 5.49. The van der Waals surface area contributed by atoms with Gasteiger partial charge in [0.15, 0.2) is 0 Å². The summed E-state index contributed by atoms with van der Waals surface area (Å²) < 4.78 is 11.6. The first-order chi connectivity index (χ1) is 8.17. The van der Waals surface area contributed by atoms with E-state index in [9.17, 15) is 0 Å². The molecule has 2 heteroatoms. The molecule has 0 bridgehead atoms. The highest BCUT2D eigenvalue weighted by molar-refractivity contribution is 4.91. The van der Waals surface area contributed by atoms with Crippen LogP contribution in [-0.2, 0) is 9.47 Å². The second-order valence-corrected chi connectivity index (χ2v) is 5.64. The van der Waals surface area contributed by atoms with Crippen LogP contribution in [0, 0.1) is 17.3 Å². The minimum absolute atomic E-state index is 0.239. The largest absolute Gasteiger partial charge is 0.381 e. The average molecular weight is 242 g/mol. The van der Waals surface area contributed by atoms with Gasteiger partial charge in [-0.3, -0.25) is 0 Å². The molecule has 2 nitrogen and oxygen atoms in total. The van der Waals surface area contributed by atoms with E-state index in [4.69, 9.17) is 9.47 Å². The SMILES string of the molecule is CCOCC(COCC)(C(C)C)C1CCCC1. The summed E-state index contributed by atoms with van der Waals surface area (Å²) in [6, 6.07) is 0. The normalized spacial score (nSPS) is 18.2. The Morgan fingerprint density at radius 2 is 1.47 bits per heavy atom. The molecule has 0 aromatic heterocycles. The first-order valence-corrected chi connectivity index (χ1v) is 7.32. The van der Waals surface area contributed by atoms with Gasteiger partial charge in [-0.15, -0.1) is 0 Å². The molecule has 0 amide bonds. The van der Waals surface area contributed by atoms with E-state index in [0.29, 0.717) is 5.92 Å². The zero-order valence-corrected chi connectivity index (χ0v) is 12.1. The van der Waals surface area contributed by atoms with Crippen molar-refractivity contribution in [2.24, 2.45) is 17.3 Å². The summed E-state index contributed by atoms with van der Waals surface area (Å²) in [6.45, 7) is 12.2. The Bertz CT molecular complexity index is 187. The van der Waals surface area contributed by atoms with Crippen LogP contribution < -0.4 is 0 Å². The van der Waals surface area contributed by atoms with Gasteiger partial charge in [0.05, 0.1) is 13.2 Å². The van der Waals surface area contributed by atoms with Gasteiger partial charge in [0.25, 0.3) is 0 Å². The third-order valence-electron chi connectivity index (χ3n) is 4.47. The van der Waals surface area contributed by atoms with Gasteiger partial charge in [-0.2, -0.15) is 0 Å². The van der Waals surface area contributed by atoms with E-state index in [2.05, 4.69) is 27.7 Å². The predicted molar refractivity (Wildman–Crippen MR) is 72.2 cm³/mol. The number of hydrogen-bond donors (Lipinski definition) is 0. The predicted octanol–water partition coefficient (Wildman–Crippen LogP) is 3.89. The minimum atomic E-state index is 0.239. The Balaban J connectivity index is 2.75. The van der Waals surface area contributed by atoms with Gasteiger partial charge < -0.3 is 9.47 Å². The van der Waals surface area contributed by atoms with Gasteiger partial charge in [-0.05, 0) is 38.5 Å². The monoisotopic (exact) mass is 242 g/mol. The highest BCUT2D eigenvalue weighted by Crippen LogP contribution is 2.45. The molecule has 1 saturated carbocycles. The molecule has 0 radical (unpaired) electrons.